The van der Waals surface area contributed by atoms with Crippen LogP contribution in [0.5, 0.6) is 5.75 Å². The molecule has 1 aromatic carbocycles. The van der Waals surface area contributed by atoms with Gasteiger partial charge in [-0.3, -0.25) is 4.90 Å². The second kappa shape index (κ2) is 6.11. The van der Waals surface area contributed by atoms with Gasteiger partial charge in [0.1, 0.15) is 5.75 Å². The Morgan fingerprint density at radius 3 is 2.67 bits per heavy atom. The average molecular weight is 289 g/mol. The fourth-order valence-corrected chi connectivity index (χ4v) is 2.70. The number of hydrogen-bond acceptors (Lipinski definition) is 3. The minimum Gasteiger partial charge on any atom is -0.506 e. The fourth-order valence-electron chi connectivity index (χ4n) is 2.17. The quantitative estimate of drug-likeness (QED) is 0.875. The molecule has 1 fully saturated rings. The SMILES string of the molecule is CCCN(Cc1cc(Cl)cc(Cl)c1O)C1CNC1. The van der Waals surface area contributed by atoms with Crippen molar-refractivity contribution in [2.45, 2.75) is 25.9 Å². The van der Waals surface area contributed by atoms with Crippen molar-refractivity contribution >= 4 is 23.2 Å². The summed E-state index contributed by atoms with van der Waals surface area (Å²) in [6, 6.07) is 3.90. The molecule has 3 nitrogen and oxygen atoms in total. The highest BCUT2D eigenvalue weighted by atomic mass is 35.5. The number of rotatable bonds is 5. The molecule has 1 heterocycles. The van der Waals surface area contributed by atoms with Crippen molar-refractivity contribution < 1.29 is 5.11 Å². The predicted octanol–water partition coefficient (Wildman–Crippen LogP) is 2.88. The molecule has 0 aliphatic carbocycles. The maximum Gasteiger partial charge on any atom is 0.138 e. The summed E-state index contributed by atoms with van der Waals surface area (Å²) in [4.78, 5) is 2.36. The zero-order valence-corrected chi connectivity index (χ0v) is 11.9. The summed E-state index contributed by atoms with van der Waals surface area (Å²) in [7, 11) is 0. The summed E-state index contributed by atoms with van der Waals surface area (Å²) in [6.07, 6.45) is 1.09. The van der Waals surface area contributed by atoms with Crippen molar-refractivity contribution in [3.05, 3.63) is 27.7 Å². The Balaban J connectivity index is 2.14. The Labute approximate surface area is 118 Å². The molecule has 1 aliphatic heterocycles. The van der Waals surface area contributed by atoms with E-state index < -0.39 is 0 Å². The van der Waals surface area contributed by atoms with Gasteiger partial charge < -0.3 is 10.4 Å². The highest BCUT2D eigenvalue weighted by Gasteiger charge is 2.24. The molecule has 0 atom stereocenters. The van der Waals surface area contributed by atoms with Crippen molar-refractivity contribution in [1.82, 2.24) is 10.2 Å². The standard InChI is InChI=1S/C13H18Cl2N2O/c1-2-3-17(11-6-16-7-11)8-9-4-10(14)5-12(15)13(9)18/h4-5,11,16,18H,2-3,6-8H2,1H3. The molecule has 5 heteroatoms. The summed E-state index contributed by atoms with van der Waals surface area (Å²) in [6.45, 7) is 5.87. The van der Waals surface area contributed by atoms with Crippen molar-refractivity contribution in [2.75, 3.05) is 19.6 Å². The second-order valence-electron chi connectivity index (χ2n) is 4.68. The largest absolute Gasteiger partial charge is 0.506 e. The first-order valence-corrected chi connectivity index (χ1v) is 6.99. The summed E-state index contributed by atoms with van der Waals surface area (Å²) < 4.78 is 0. The van der Waals surface area contributed by atoms with Crippen molar-refractivity contribution in [3.63, 3.8) is 0 Å². The maximum absolute atomic E-state index is 9.98. The van der Waals surface area contributed by atoms with Gasteiger partial charge in [0, 0.05) is 36.3 Å². The molecule has 0 bridgehead atoms. The van der Waals surface area contributed by atoms with Crippen molar-refractivity contribution in [2.24, 2.45) is 0 Å². The molecule has 0 saturated carbocycles. The predicted molar refractivity (Wildman–Crippen MR) is 75.5 cm³/mol. The van der Waals surface area contributed by atoms with E-state index >= 15 is 0 Å². The van der Waals surface area contributed by atoms with Crippen LogP contribution in [0.25, 0.3) is 0 Å². The Hall–Kier alpha value is -0.480. The van der Waals surface area contributed by atoms with E-state index in [2.05, 4.69) is 17.1 Å². The van der Waals surface area contributed by atoms with E-state index in [4.69, 9.17) is 23.2 Å². The van der Waals surface area contributed by atoms with Gasteiger partial charge in [0.05, 0.1) is 5.02 Å². The highest BCUT2D eigenvalue weighted by Crippen LogP contribution is 2.32. The lowest BCUT2D eigenvalue weighted by Gasteiger charge is -2.38. The molecule has 2 N–H and O–H groups in total. The second-order valence-corrected chi connectivity index (χ2v) is 5.52. The number of phenolic OH excluding ortho intramolecular Hbond substituents is 1. The van der Waals surface area contributed by atoms with Crippen LogP contribution in [0.3, 0.4) is 0 Å². The van der Waals surface area contributed by atoms with Gasteiger partial charge in [-0.1, -0.05) is 30.1 Å². The van der Waals surface area contributed by atoms with Gasteiger partial charge in [-0.25, -0.2) is 0 Å². The van der Waals surface area contributed by atoms with E-state index in [1.807, 2.05) is 0 Å². The molecule has 1 aromatic rings. The van der Waals surface area contributed by atoms with E-state index in [1.54, 1.807) is 12.1 Å². The number of hydrogen-bond donors (Lipinski definition) is 2. The van der Waals surface area contributed by atoms with E-state index in [0.29, 0.717) is 22.6 Å². The van der Waals surface area contributed by atoms with Crippen LogP contribution in [-0.4, -0.2) is 35.7 Å². The fraction of sp³-hybridized carbons (Fsp3) is 0.538. The average Bonchev–Trinajstić information content (AvgIpc) is 2.23. The number of benzene rings is 1. The molecule has 0 spiro atoms. The van der Waals surface area contributed by atoms with Gasteiger partial charge in [0.2, 0.25) is 0 Å². The zero-order valence-electron chi connectivity index (χ0n) is 10.4. The van der Waals surface area contributed by atoms with Crippen LogP contribution in [0, 0.1) is 0 Å². The monoisotopic (exact) mass is 288 g/mol. The van der Waals surface area contributed by atoms with E-state index in [9.17, 15) is 5.11 Å². The number of aromatic hydroxyl groups is 1. The minimum atomic E-state index is 0.148. The van der Waals surface area contributed by atoms with Crippen LogP contribution >= 0.6 is 23.2 Å². The Kier molecular flexibility index (Phi) is 4.73. The summed E-state index contributed by atoms with van der Waals surface area (Å²) in [5, 5.41) is 14.1. The van der Waals surface area contributed by atoms with Crippen LogP contribution in [0.1, 0.15) is 18.9 Å². The number of halogens is 2. The van der Waals surface area contributed by atoms with Crippen LogP contribution in [0.4, 0.5) is 0 Å². The maximum atomic E-state index is 9.98. The number of nitrogens with zero attached hydrogens (tertiary/aromatic N) is 1. The first-order valence-electron chi connectivity index (χ1n) is 6.23. The lowest BCUT2D eigenvalue weighted by atomic mass is 10.1. The topological polar surface area (TPSA) is 35.5 Å². The van der Waals surface area contributed by atoms with Gasteiger partial charge in [-0.05, 0) is 25.1 Å². The van der Waals surface area contributed by atoms with Gasteiger partial charge in [0.25, 0.3) is 0 Å². The third-order valence-electron chi connectivity index (χ3n) is 3.27. The molecule has 0 radical (unpaired) electrons. The lowest BCUT2D eigenvalue weighted by Crippen LogP contribution is -2.56. The van der Waals surface area contributed by atoms with Crippen LogP contribution in [-0.2, 0) is 6.54 Å². The molecule has 0 aromatic heterocycles. The molecular weight excluding hydrogens is 271 g/mol. The van der Waals surface area contributed by atoms with Crippen molar-refractivity contribution in [3.8, 4) is 5.75 Å². The molecule has 1 saturated heterocycles. The zero-order chi connectivity index (χ0) is 13.1. The molecule has 2 rings (SSSR count). The molecule has 18 heavy (non-hydrogen) atoms. The third kappa shape index (κ3) is 3.09. The van der Waals surface area contributed by atoms with Crippen molar-refractivity contribution in [1.29, 1.82) is 0 Å². The number of nitrogens with one attached hydrogen (secondary N) is 1. The summed E-state index contributed by atoms with van der Waals surface area (Å²) in [5.41, 5.74) is 0.799. The first kappa shape index (κ1) is 13.9. The van der Waals surface area contributed by atoms with Crippen LogP contribution in [0.15, 0.2) is 12.1 Å². The van der Waals surface area contributed by atoms with Crippen LogP contribution in [0.2, 0.25) is 10.0 Å². The Bertz CT molecular complexity index is 422. The molecule has 1 aliphatic rings. The summed E-state index contributed by atoms with van der Waals surface area (Å²) in [5.74, 6) is 0.148. The third-order valence-corrected chi connectivity index (χ3v) is 3.77. The van der Waals surface area contributed by atoms with Gasteiger partial charge >= 0.3 is 0 Å². The normalized spacial score (nSPS) is 16.0. The molecule has 0 amide bonds. The van der Waals surface area contributed by atoms with E-state index in [1.165, 1.54) is 0 Å². The lowest BCUT2D eigenvalue weighted by molar-refractivity contribution is 0.136. The molecular formula is C13H18Cl2N2O. The smallest absolute Gasteiger partial charge is 0.138 e. The van der Waals surface area contributed by atoms with E-state index in [-0.39, 0.29) is 5.75 Å². The molecule has 100 valence electrons. The minimum absolute atomic E-state index is 0.148. The van der Waals surface area contributed by atoms with Gasteiger partial charge in [-0.2, -0.15) is 0 Å². The molecule has 0 unspecified atom stereocenters. The van der Waals surface area contributed by atoms with Gasteiger partial charge in [0.15, 0.2) is 0 Å². The highest BCUT2D eigenvalue weighted by molar-refractivity contribution is 6.35. The Morgan fingerprint density at radius 1 is 1.39 bits per heavy atom. The first-order chi connectivity index (χ1) is 8.61. The van der Waals surface area contributed by atoms with Gasteiger partial charge in [-0.15, -0.1) is 0 Å². The summed E-state index contributed by atoms with van der Waals surface area (Å²) >= 11 is 11.9. The number of phenols is 1. The Morgan fingerprint density at radius 2 is 2.11 bits per heavy atom. The van der Waals surface area contributed by atoms with Crippen LogP contribution < -0.4 is 5.32 Å². The van der Waals surface area contributed by atoms with E-state index in [0.717, 1.165) is 31.6 Å².